The number of aliphatic hydroxyl groups is 4. The maximum absolute atomic E-state index is 10.6. The molecule has 0 radical (unpaired) electrons. The number of aliphatic hydroxyl groups excluding tert-OH is 4. The van der Waals surface area contributed by atoms with E-state index >= 15 is 0 Å². The highest BCUT2D eigenvalue weighted by molar-refractivity contribution is 6.64. The summed E-state index contributed by atoms with van der Waals surface area (Å²) in [5.41, 5.74) is 0.684. The van der Waals surface area contributed by atoms with Gasteiger partial charge >= 0.3 is 8.56 Å². The summed E-state index contributed by atoms with van der Waals surface area (Å²) in [6.07, 6.45) is 48.3. The third kappa shape index (κ3) is 31.0. The van der Waals surface area contributed by atoms with Gasteiger partial charge in [0, 0.05) is 19.8 Å². The summed E-state index contributed by atoms with van der Waals surface area (Å²) in [6.45, 7) is 11.2. The monoisotopic (exact) mass is 961 g/mol. The summed E-state index contributed by atoms with van der Waals surface area (Å²) in [5.74, 6) is 0. The quantitative estimate of drug-likeness (QED) is 0.0214. The van der Waals surface area contributed by atoms with Crippen molar-refractivity contribution in [1.82, 2.24) is 19.9 Å². The lowest BCUT2D eigenvalue weighted by Gasteiger charge is -2.39. The number of hydrogen-bond acceptors (Lipinski definition) is 11. The molecule has 388 valence electrons. The minimum atomic E-state index is -2.38. The van der Waals surface area contributed by atoms with Crippen molar-refractivity contribution in [2.75, 3.05) is 33.4 Å². The fourth-order valence-corrected chi connectivity index (χ4v) is 9.91. The van der Waals surface area contributed by atoms with Gasteiger partial charge in [-0.25, -0.2) is 4.68 Å². The Kier molecular flexibility index (Phi) is 37.1. The molecule has 0 amide bonds. The van der Waals surface area contributed by atoms with E-state index in [2.05, 4.69) is 90.8 Å². The van der Waals surface area contributed by atoms with Crippen molar-refractivity contribution in [2.45, 2.75) is 250 Å². The van der Waals surface area contributed by atoms with Crippen molar-refractivity contribution < 1.29 is 38.8 Å². The minimum absolute atomic E-state index is 0.203. The molecule has 1 saturated heterocycles. The molecule has 1 aromatic heterocycles. The Balaban J connectivity index is 1.67. The molecule has 12 nitrogen and oxygen atoms in total. The predicted molar refractivity (Wildman–Crippen MR) is 277 cm³/mol. The zero-order valence-corrected chi connectivity index (χ0v) is 44.2. The average molecular weight is 961 g/mol. The fraction of sp³-hybridized carbons (Fsp3) is 0.815. The summed E-state index contributed by atoms with van der Waals surface area (Å²) in [4.78, 5) is 2.17. The standard InChI is InChI=1S/C54H100N4O8Si/c1-6-8-10-12-14-16-18-20-22-24-26-28-30-32-35-39-43-63-50(41-37-33-31-29-27-25-23-21-19-17-15-13-11-9-7-2)66-67(4,5)64-44-40-36-34-38-42-57(3)45-48-46-58(56-55-48)51-52(60)49(47-59)65-54(62)53(51)61/h14-17,20-23,46,49-54,59-62H,6-13,18-19,24-45,47H2,1-5H3/b16-14-,17-15-,22-20-,23-21-. The molecule has 4 N–H and O–H groups in total. The predicted octanol–water partition coefficient (Wildman–Crippen LogP) is 11.9. The molecule has 1 fully saturated rings. The Morgan fingerprint density at radius 2 is 1.18 bits per heavy atom. The highest BCUT2D eigenvalue weighted by Crippen LogP contribution is 2.29. The van der Waals surface area contributed by atoms with Crippen LogP contribution in [0.1, 0.15) is 205 Å². The first kappa shape index (κ1) is 61.1. The number of hydrogen-bond donors (Lipinski definition) is 4. The Labute approximate surface area is 409 Å². The molecular formula is C54H100N4O8Si. The smallest absolute Gasteiger partial charge is 0.333 e. The van der Waals surface area contributed by atoms with Crippen LogP contribution < -0.4 is 0 Å². The summed E-state index contributed by atoms with van der Waals surface area (Å²) in [6, 6.07) is -0.979. The summed E-state index contributed by atoms with van der Waals surface area (Å²) in [7, 11) is -0.351. The van der Waals surface area contributed by atoms with Gasteiger partial charge in [0.2, 0.25) is 0 Å². The summed E-state index contributed by atoms with van der Waals surface area (Å²) in [5, 5.41) is 48.9. The number of allylic oxidation sites excluding steroid dienone is 8. The van der Waals surface area contributed by atoms with Crippen molar-refractivity contribution in [3.8, 4) is 0 Å². The number of unbranched alkanes of at least 4 members (excludes halogenated alkanes) is 20. The first-order chi connectivity index (χ1) is 32.6. The van der Waals surface area contributed by atoms with Crippen molar-refractivity contribution in [2.24, 2.45) is 0 Å². The van der Waals surface area contributed by atoms with Crippen LogP contribution in [0.25, 0.3) is 0 Å². The van der Waals surface area contributed by atoms with Gasteiger partial charge in [0.05, 0.1) is 18.5 Å². The van der Waals surface area contributed by atoms with E-state index in [0.29, 0.717) is 18.8 Å². The molecule has 1 aliphatic rings. The molecule has 13 heteroatoms. The van der Waals surface area contributed by atoms with Crippen LogP contribution in [0, 0.1) is 0 Å². The largest absolute Gasteiger partial charge is 0.394 e. The van der Waals surface area contributed by atoms with E-state index in [-0.39, 0.29) is 6.29 Å². The number of aromatic nitrogens is 3. The Morgan fingerprint density at radius 1 is 0.672 bits per heavy atom. The van der Waals surface area contributed by atoms with Gasteiger partial charge in [0.25, 0.3) is 0 Å². The Hall–Kier alpha value is -2.04. The second-order valence-electron chi connectivity index (χ2n) is 19.3. The zero-order chi connectivity index (χ0) is 48.6. The molecule has 0 bridgehead atoms. The second kappa shape index (κ2) is 40.7. The van der Waals surface area contributed by atoms with Crippen LogP contribution in [-0.2, 0) is 24.9 Å². The van der Waals surface area contributed by atoms with E-state index in [4.69, 9.17) is 18.3 Å². The maximum Gasteiger partial charge on any atom is 0.333 e. The highest BCUT2D eigenvalue weighted by atomic mass is 28.4. The van der Waals surface area contributed by atoms with Crippen molar-refractivity contribution >= 4 is 8.56 Å². The normalized spacial score (nSPS) is 20.0. The van der Waals surface area contributed by atoms with Crippen molar-refractivity contribution in [1.29, 1.82) is 0 Å². The molecule has 1 aromatic rings. The molecule has 6 atom stereocenters. The van der Waals surface area contributed by atoms with Crippen LogP contribution in [-0.4, -0.2) is 113 Å². The molecule has 2 heterocycles. The fourth-order valence-electron chi connectivity index (χ4n) is 8.39. The third-order valence-electron chi connectivity index (χ3n) is 12.5. The molecule has 0 spiro atoms. The zero-order valence-electron chi connectivity index (χ0n) is 43.2. The van der Waals surface area contributed by atoms with E-state index in [9.17, 15) is 20.4 Å². The summed E-state index contributed by atoms with van der Waals surface area (Å²) < 4.78 is 26.0. The summed E-state index contributed by atoms with van der Waals surface area (Å²) >= 11 is 0. The van der Waals surface area contributed by atoms with Crippen LogP contribution in [0.5, 0.6) is 0 Å². The Bertz CT molecular complexity index is 1410. The van der Waals surface area contributed by atoms with E-state index in [1.54, 1.807) is 6.20 Å². The Morgan fingerprint density at radius 3 is 1.75 bits per heavy atom. The lowest BCUT2D eigenvalue weighted by atomic mass is 9.96. The van der Waals surface area contributed by atoms with Gasteiger partial charge in [-0.3, -0.25) is 0 Å². The minimum Gasteiger partial charge on any atom is -0.394 e. The van der Waals surface area contributed by atoms with Crippen LogP contribution >= 0.6 is 0 Å². The topological polar surface area (TPSA) is 152 Å². The van der Waals surface area contributed by atoms with Crippen molar-refractivity contribution in [3.63, 3.8) is 0 Å². The first-order valence-corrected chi connectivity index (χ1v) is 29.9. The van der Waals surface area contributed by atoms with Crippen LogP contribution in [0.3, 0.4) is 0 Å². The third-order valence-corrected chi connectivity index (χ3v) is 14.2. The van der Waals surface area contributed by atoms with Gasteiger partial charge in [-0.15, -0.1) is 5.10 Å². The molecule has 67 heavy (non-hydrogen) atoms. The van der Waals surface area contributed by atoms with Gasteiger partial charge in [-0.2, -0.15) is 0 Å². The number of nitrogens with zero attached hydrogens (tertiary/aromatic N) is 4. The molecule has 0 saturated carbocycles. The SMILES string of the molecule is CCCCC/C=C\C/C=C\CCCCCCCCOC(CCCCCCC/C=C\C/C=C\CCCCC)O[Si](C)(C)OCCCCCCN(C)Cc1cn(C2C(O)C(O)OC(CO)C2O)nn1. The van der Waals surface area contributed by atoms with Crippen LogP contribution in [0.4, 0.5) is 0 Å². The van der Waals surface area contributed by atoms with Gasteiger partial charge < -0.3 is 43.7 Å². The first-order valence-electron chi connectivity index (χ1n) is 27.0. The van der Waals surface area contributed by atoms with Gasteiger partial charge in [-0.05, 0) is 123 Å². The molecule has 2 rings (SSSR count). The molecule has 0 aromatic carbocycles. The van der Waals surface area contributed by atoms with Crippen LogP contribution in [0.15, 0.2) is 54.8 Å². The van der Waals surface area contributed by atoms with Gasteiger partial charge in [0.1, 0.15) is 30.6 Å². The highest BCUT2D eigenvalue weighted by Gasteiger charge is 2.45. The number of rotatable bonds is 44. The van der Waals surface area contributed by atoms with Crippen LogP contribution in [0.2, 0.25) is 13.1 Å². The molecule has 0 aliphatic carbocycles. The van der Waals surface area contributed by atoms with E-state index in [1.165, 1.54) is 127 Å². The van der Waals surface area contributed by atoms with Gasteiger partial charge in [0.15, 0.2) is 6.29 Å². The second-order valence-corrected chi connectivity index (χ2v) is 22.7. The lowest BCUT2D eigenvalue weighted by molar-refractivity contribution is -0.270. The molecule has 6 unspecified atom stereocenters. The number of ether oxygens (including phenoxy) is 2. The lowest BCUT2D eigenvalue weighted by Crippen LogP contribution is -2.55. The van der Waals surface area contributed by atoms with E-state index < -0.39 is 45.8 Å². The van der Waals surface area contributed by atoms with E-state index in [0.717, 1.165) is 70.9 Å². The average Bonchev–Trinajstić information content (AvgIpc) is 3.76. The maximum atomic E-state index is 10.6. The van der Waals surface area contributed by atoms with Gasteiger partial charge in [-0.1, -0.05) is 151 Å². The molecule has 1 aliphatic heterocycles. The van der Waals surface area contributed by atoms with Crippen molar-refractivity contribution in [3.05, 3.63) is 60.5 Å². The molecular weight excluding hydrogens is 861 g/mol. The van der Waals surface area contributed by atoms with E-state index in [1.807, 2.05) is 7.05 Å².